The molecule has 1 amide bonds. The van der Waals surface area contributed by atoms with Crippen LogP contribution in [-0.2, 0) is 11.3 Å². The smallest absolute Gasteiger partial charge is 0.216 e. The molecule has 1 aromatic rings. The van der Waals surface area contributed by atoms with Crippen LogP contribution in [0.5, 0.6) is 0 Å². The van der Waals surface area contributed by atoms with Crippen molar-refractivity contribution in [1.82, 2.24) is 10.6 Å². The topological polar surface area (TPSA) is 44.4 Å². The maximum absolute atomic E-state index is 11.0. The summed E-state index contributed by atoms with van der Waals surface area (Å²) in [6.07, 6.45) is 2.21. The maximum atomic E-state index is 11.0. The number of rotatable bonds is 5. The third-order valence-corrected chi connectivity index (χ3v) is 4.24. The zero-order chi connectivity index (χ0) is 15.2. The number of piperidine rings is 1. The summed E-state index contributed by atoms with van der Waals surface area (Å²) in [5.41, 5.74) is 2.51. The SMILES string of the molecule is CNCc1ccc(Cl)cc1N1CCC(CNC(C)=O)CC1. The molecule has 1 aromatic carbocycles. The predicted octanol–water partition coefficient (Wildman–Crippen LogP) is 2.41. The molecule has 0 atom stereocenters. The molecule has 1 saturated heterocycles. The van der Waals surface area contributed by atoms with Crippen LogP contribution in [0.2, 0.25) is 5.02 Å². The van der Waals surface area contributed by atoms with Gasteiger partial charge < -0.3 is 15.5 Å². The van der Waals surface area contributed by atoms with Crippen LogP contribution in [0, 0.1) is 5.92 Å². The van der Waals surface area contributed by atoms with Crippen LogP contribution in [0.25, 0.3) is 0 Å². The van der Waals surface area contributed by atoms with Crippen molar-refractivity contribution >= 4 is 23.2 Å². The molecule has 0 bridgehead atoms. The van der Waals surface area contributed by atoms with Gasteiger partial charge in [0.2, 0.25) is 5.91 Å². The Hall–Kier alpha value is -1.26. The van der Waals surface area contributed by atoms with Crippen LogP contribution >= 0.6 is 11.6 Å². The maximum Gasteiger partial charge on any atom is 0.216 e. The molecular weight excluding hydrogens is 286 g/mol. The van der Waals surface area contributed by atoms with Gasteiger partial charge in [-0.25, -0.2) is 0 Å². The fourth-order valence-corrected chi connectivity index (χ4v) is 3.00. The van der Waals surface area contributed by atoms with Crippen LogP contribution < -0.4 is 15.5 Å². The van der Waals surface area contributed by atoms with Gasteiger partial charge in [-0.05, 0) is 43.5 Å². The van der Waals surface area contributed by atoms with E-state index in [9.17, 15) is 4.79 Å². The lowest BCUT2D eigenvalue weighted by Gasteiger charge is -2.35. The highest BCUT2D eigenvalue weighted by atomic mass is 35.5. The number of hydrogen-bond acceptors (Lipinski definition) is 3. The quantitative estimate of drug-likeness (QED) is 0.878. The molecule has 21 heavy (non-hydrogen) atoms. The number of halogens is 1. The van der Waals surface area contributed by atoms with Crippen LogP contribution in [0.15, 0.2) is 18.2 Å². The highest BCUT2D eigenvalue weighted by Crippen LogP contribution is 2.29. The second kappa shape index (κ2) is 7.66. The van der Waals surface area contributed by atoms with E-state index in [1.165, 1.54) is 11.3 Å². The van der Waals surface area contributed by atoms with Gasteiger partial charge in [0.25, 0.3) is 0 Å². The number of amides is 1. The molecule has 4 nitrogen and oxygen atoms in total. The van der Waals surface area contributed by atoms with Crippen molar-refractivity contribution in [3.63, 3.8) is 0 Å². The summed E-state index contributed by atoms with van der Waals surface area (Å²) < 4.78 is 0. The Balaban J connectivity index is 1.98. The van der Waals surface area contributed by atoms with Crippen LogP contribution in [0.4, 0.5) is 5.69 Å². The molecule has 0 aromatic heterocycles. The van der Waals surface area contributed by atoms with Gasteiger partial charge in [0.15, 0.2) is 0 Å². The second-order valence-corrected chi connectivity index (χ2v) is 6.11. The van der Waals surface area contributed by atoms with Gasteiger partial charge in [-0.1, -0.05) is 17.7 Å². The van der Waals surface area contributed by atoms with Crippen LogP contribution in [0.3, 0.4) is 0 Å². The van der Waals surface area contributed by atoms with E-state index in [1.54, 1.807) is 6.92 Å². The molecule has 1 aliphatic rings. The summed E-state index contributed by atoms with van der Waals surface area (Å²) in [6.45, 7) is 5.24. The van der Waals surface area contributed by atoms with Crippen molar-refractivity contribution < 1.29 is 4.79 Å². The van der Waals surface area contributed by atoms with Crippen molar-refractivity contribution in [3.8, 4) is 0 Å². The molecule has 1 aliphatic heterocycles. The summed E-state index contributed by atoms with van der Waals surface area (Å²) in [5, 5.41) is 6.91. The van der Waals surface area contributed by atoms with E-state index in [0.717, 1.165) is 44.0 Å². The van der Waals surface area contributed by atoms with Crippen molar-refractivity contribution in [3.05, 3.63) is 28.8 Å². The van der Waals surface area contributed by atoms with Gasteiger partial charge in [0.05, 0.1) is 0 Å². The zero-order valence-corrected chi connectivity index (χ0v) is 13.5. The molecule has 0 unspecified atom stereocenters. The monoisotopic (exact) mass is 309 g/mol. The first kappa shape index (κ1) is 16.1. The number of carbonyl (C=O) groups is 1. The first-order valence-electron chi connectivity index (χ1n) is 7.52. The van der Waals surface area contributed by atoms with E-state index < -0.39 is 0 Å². The molecule has 0 saturated carbocycles. The number of benzene rings is 1. The summed E-state index contributed by atoms with van der Waals surface area (Å²) in [5.74, 6) is 0.640. The van der Waals surface area contributed by atoms with Crippen molar-refractivity contribution in [2.45, 2.75) is 26.3 Å². The molecule has 1 fully saturated rings. The average Bonchev–Trinajstić information content (AvgIpc) is 2.48. The minimum atomic E-state index is 0.0589. The van der Waals surface area contributed by atoms with E-state index in [1.807, 2.05) is 13.1 Å². The fourth-order valence-electron chi connectivity index (χ4n) is 2.84. The molecule has 2 rings (SSSR count). The van der Waals surface area contributed by atoms with Crippen molar-refractivity contribution in [1.29, 1.82) is 0 Å². The molecule has 116 valence electrons. The summed E-state index contributed by atoms with van der Waals surface area (Å²) in [6, 6.07) is 6.10. The first-order chi connectivity index (χ1) is 10.1. The first-order valence-corrected chi connectivity index (χ1v) is 7.90. The minimum absolute atomic E-state index is 0.0589. The normalized spacial score (nSPS) is 16.0. The number of carbonyl (C=O) groups excluding carboxylic acids is 1. The van der Waals surface area contributed by atoms with Gasteiger partial charge >= 0.3 is 0 Å². The summed E-state index contributed by atoms with van der Waals surface area (Å²) >= 11 is 6.15. The predicted molar refractivity (Wildman–Crippen MR) is 87.8 cm³/mol. The van der Waals surface area contributed by atoms with E-state index in [-0.39, 0.29) is 5.91 Å². The Morgan fingerprint density at radius 3 is 2.71 bits per heavy atom. The Morgan fingerprint density at radius 1 is 1.38 bits per heavy atom. The van der Waals surface area contributed by atoms with E-state index in [4.69, 9.17) is 11.6 Å². The van der Waals surface area contributed by atoms with E-state index >= 15 is 0 Å². The Morgan fingerprint density at radius 2 is 2.10 bits per heavy atom. The zero-order valence-electron chi connectivity index (χ0n) is 12.8. The number of hydrogen-bond donors (Lipinski definition) is 2. The molecule has 0 radical (unpaired) electrons. The average molecular weight is 310 g/mol. The highest BCUT2D eigenvalue weighted by molar-refractivity contribution is 6.30. The summed E-state index contributed by atoms with van der Waals surface area (Å²) in [4.78, 5) is 13.4. The van der Waals surface area contributed by atoms with E-state index in [0.29, 0.717) is 5.92 Å². The molecular formula is C16H24ClN3O. The molecule has 0 aliphatic carbocycles. The van der Waals surface area contributed by atoms with Crippen LogP contribution in [-0.4, -0.2) is 32.6 Å². The number of anilines is 1. The van der Waals surface area contributed by atoms with Gasteiger partial charge in [-0.3, -0.25) is 4.79 Å². The van der Waals surface area contributed by atoms with E-state index in [2.05, 4.69) is 27.7 Å². The lowest BCUT2D eigenvalue weighted by atomic mass is 9.95. The lowest BCUT2D eigenvalue weighted by Crippen LogP contribution is -2.38. The third-order valence-electron chi connectivity index (χ3n) is 4.01. The Bertz CT molecular complexity index is 484. The van der Waals surface area contributed by atoms with Crippen molar-refractivity contribution in [2.24, 2.45) is 5.92 Å². The number of nitrogens with one attached hydrogen (secondary N) is 2. The Kier molecular flexibility index (Phi) is 5.88. The molecule has 0 spiro atoms. The minimum Gasteiger partial charge on any atom is -0.371 e. The van der Waals surface area contributed by atoms with Gasteiger partial charge in [0.1, 0.15) is 0 Å². The van der Waals surface area contributed by atoms with Gasteiger partial charge in [-0.2, -0.15) is 0 Å². The standard InChI is InChI=1S/C16H24ClN3O/c1-12(21)19-10-13-5-7-20(8-6-13)16-9-15(17)4-3-14(16)11-18-2/h3-4,9,13,18H,5-8,10-11H2,1-2H3,(H,19,21). The largest absolute Gasteiger partial charge is 0.371 e. The van der Waals surface area contributed by atoms with Gasteiger partial charge in [0, 0.05) is 43.8 Å². The van der Waals surface area contributed by atoms with Crippen molar-refractivity contribution in [2.75, 3.05) is 31.6 Å². The fraction of sp³-hybridized carbons (Fsp3) is 0.562. The highest BCUT2D eigenvalue weighted by Gasteiger charge is 2.21. The summed E-state index contributed by atoms with van der Waals surface area (Å²) in [7, 11) is 1.96. The molecule has 5 heteroatoms. The number of nitrogens with zero attached hydrogens (tertiary/aromatic N) is 1. The Labute approximate surface area is 131 Å². The molecule has 2 N–H and O–H groups in total. The lowest BCUT2D eigenvalue weighted by molar-refractivity contribution is -0.119. The molecule has 1 heterocycles. The second-order valence-electron chi connectivity index (χ2n) is 5.67. The van der Waals surface area contributed by atoms with Crippen LogP contribution in [0.1, 0.15) is 25.3 Å². The third kappa shape index (κ3) is 4.61. The van der Waals surface area contributed by atoms with Gasteiger partial charge in [-0.15, -0.1) is 0 Å².